The minimum Gasteiger partial charge on any atom is -0.455 e. The van der Waals surface area contributed by atoms with E-state index in [0.717, 1.165) is 36.4 Å². The topological polar surface area (TPSA) is 50.4 Å². The van der Waals surface area contributed by atoms with Crippen molar-refractivity contribution in [3.63, 3.8) is 0 Å². The molecule has 4 nitrogen and oxygen atoms in total. The van der Waals surface area contributed by atoms with Crippen molar-refractivity contribution in [2.24, 2.45) is 5.92 Å². The van der Waals surface area contributed by atoms with E-state index in [4.69, 9.17) is 4.74 Å². The van der Waals surface area contributed by atoms with Crippen LogP contribution in [0.2, 0.25) is 0 Å². The quantitative estimate of drug-likeness (QED) is 0.889. The first-order valence-electron chi connectivity index (χ1n) is 8.49. The van der Waals surface area contributed by atoms with Gasteiger partial charge in [-0.3, -0.25) is 4.79 Å². The second-order valence-corrected chi connectivity index (χ2v) is 6.48. The summed E-state index contributed by atoms with van der Waals surface area (Å²) in [5.41, 5.74) is 1.85. The second-order valence-electron chi connectivity index (χ2n) is 6.48. The number of anilines is 1. The third kappa shape index (κ3) is 4.15. The number of nitrogens with one attached hydrogen (secondary N) is 2. The van der Waals surface area contributed by atoms with E-state index in [1.165, 1.54) is 0 Å². The van der Waals surface area contributed by atoms with Crippen LogP contribution in [0.3, 0.4) is 0 Å². The molecule has 126 valence electrons. The van der Waals surface area contributed by atoms with Gasteiger partial charge in [0.2, 0.25) is 5.91 Å². The van der Waals surface area contributed by atoms with E-state index in [1.54, 1.807) is 0 Å². The summed E-state index contributed by atoms with van der Waals surface area (Å²) in [5.74, 6) is 1.56. The van der Waals surface area contributed by atoms with Crippen molar-refractivity contribution < 1.29 is 9.53 Å². The van der Waals surface area contributed by atoms with Crippen LogP contribution in [0.5, 0.6) is 11.5 Å². The molecule has 0 bridgehead atoms. The molecule has 1 amide bonds. The van der Waals surface area contributed by atoms with Crippen LogP contribution in [0.25, 0.3) is 0 Å². The van der Waals surface area contributed by atoms with Gasteiger partial charge in [-0.1, -0.05) is 24.3 Å². The van der Waals surface area contributed by atoms with Gasteiger partial charge in [0.25, 0.3) is 0 Å². The lowest BCUT2D eigenvalue weighted by atomic mass is 9.92. The highest BCUT2D eigenvalue weighted by atomic mass is 16.5. The fourth-order valence-corrected chi connectivity index (χ4v) is 3.07. The van der Waals surface area contributed by atoms with Crippen LogP contribution in [0.1, 0.15) is 25.3 Å². The molecule has 4 heteroatoms. The number of hydrogen-bond acceptors (Lipinski definition) is 3. The van der Waals surface area contributed by atoms with E-state index < -0.39 is 0 Å². The molecule has 2 N–H and O–H groups in total. The molecule has 24 heavy (non-hydrogen) atoms. The van der Waals surface area contributed by atoms with Gasteiger partial charge in [-0.05, 0) is 63.1 Å². The number of para-hydroxylation sites is 2. The Kier molecular flexibility index (Phi) is 5.16. The Morgan fingerprint density at radius 2 is 2.04 bits per heavy atom. The number of carbonyl (C=O) groups excluding carboxylic acids is 1. The van der Waals surface area contributed by atoms with E-state index in [0.29, 0.717) is 11.8 Å². The summed E-state index contributed by atoms with van der Waals surface area (Å²) in [6.45, 7) is 5.04. The molecular formula is C20H24N2O2. The highest BCUT2D eigenvalue weighted by molar-refractivity contribution is 5.94. The van der Waals surface area contributed by atoms with Crippen molar-refractivity contribution in [1.82, 2.24) is 5.32 Å². The first-order chi connectivity index (χ1) is 11.6. The van der Waals surface area contributed by atoms with Crippen molar-refractivity contribution in [2.75, 3.05) is 11.9 Å². The number of aryl methyl sites for hydroxylation is 1. The largest absolute Gasteiger partial charge is 0.455 e. The highest BCUT2D eigenvalue weighted by Crippen LogP contribution is 2.30. The Morgan fingerprint density at radius 3 is 2.83 bits per heavy atom. The summed E-state index contributed by atoms with van der Waals surface area (Å²) in [7, 11) is 0. The fraction of sp³-hybridized carbons (Fsp3) is 0.350. The number of benzene rings is 2. The zero-order valence-corrected chi connectivity index (χ0v) is 14.2. The SMILES string of the molecule is Cc1cccc(Oc2ccccc2NC(=O)[C@H]2CCN[C@@H](C)C2)c1. The number of hydrogen-bond donors (Lipinski definition) is 2. The Labute approximate surface area is 143 Å². The molecule has 1 heterocycles. The number of carbonyl (C=O) groups is 1. The summed E-state index contributed by atoms with van der Waals surface area (Å²) >= 11 is 0. The van der Waals surface area contributed by atoms with Gasteiger partial charge in [0, 0.05) is 12.0 Å². The van der Waals surface area contributed by atoms with Gasteiger partial charge in [-0.25, -0.2) is 0 Å². The number of rotatable bonds is 4. The Bertz CT molecular complexity index is 714. The average Bonchev–Trinajstić information content (AvgIpc) is 2.57. The zero-order chi connectivity index (χ0) is 16.9. The van der Waals surface area contributed by atoms with Gasteiger partial charge < -0.3 is 15.4 Å². The summed E-state index contributed by atoms with van der Waals surface area (Å²) in [6, 6.07) is 15.8. The average molecular weight is 324 g/mol. The van der Waals surface area contributed by atoms with Crippen molar-refractivity contribution in [3.8, 4) is 11.5 Å². The zero-order valence-electron chi connectivity index (χ0n) is 14.2. The Morgan fingerprint density at radius 1 is 1.21 bits per heavy atom. The van der Waals surface area contributed by atoms with Gasteiger partial charge in [-0.2, -0.15) is 0 Å². The standard InChI is InChI=1S/C20H24N2O2/c1-14-6-5-7-17(12-14)24-19-9-4-3-8-18(19)22-20(23)16-10-11-21-15(2)13-16/h3-9,12,15-16,21H,10-11,13H2,1-2H3,(H,22,23)/t15-,16-/m0/s1. The maximum Gasteiger partial charge on any atom is 0.227 e. The van der Waals surface area contributed by atoms with Gasteiger partial charge in [0.1, 0.15) is 5.75 Å². The molecule has 1 saturated heterocycles. The molecule has 0 aromatic heterocycles. The molecule has 0 unspecified atom stereocenters. The Balaban J connectivity index is 1.73. The van der Waals surface area contributed by atoms with E-state index in [-0.39, 0.29) is 11.8 Å². The first-order valence-corrected chi connectivity index (χ1v) is 8.49. The van der Waals surface area contributed by atoms with Crippen LogP contribution in [0.15, 0.2) is 48.5 Å². The molecule has 0 aliphatic carbocycles. The van der Waals surface area contributed by atoms with Crippen LogP contribution >= 0.6 is 0 Å². The molecule has 0 saturated carbocycles. The molecule has 2 aromatic rings. The lowest BCUT2D eigenvalue weighted by molar-refractivity contribution is -0.120. The van der Waals surface area contributed by atoms with Gasteiger partial charge >= 0.3 is 0 Å². The summed E-state index contributed by atoms with van der Waals surface area (Å²) in [4.78, 5) is 12.6. The number of ether oxygens (including phenoxy) is 1. The highest BCUT2D eigenvalue weighted by Gasteiger charge is 2.25. The fourth-order valence-electron chi connectivity index (χ4n) is 3.07. The minimum absolute atomic E-state index is 0.0493. The lowest BCUT2D eigenvalue weighted by Gasteiger charge is -2.27. The van der Waals surface area contributed by atoms with Crippen LogP contribution in [0, 0.1) is 12.8 Å². The molecule has 1 aliphatic heterocycles. The molecule has 0 spiro atoms. The monoisotopic (exact) mass is 324 g/mol. The van der Waals surface area contributed by atoms with Crippen molar-refractivity contribution in [3.05, 3.63) is 54.1 Å². The second kappa shape index (κ2) is 7.49. The van der Waals surface area contributed by atoms with Crippen LogP contribution in [0.4, 0.5) is 5.69 Å². The summed E-state index contributed by atoms with van der Waals surface area (Å²) < 4.78 is 5.97. The van der Waals surface area contributed by atoms with E-state index in [1.807, 2.05) is 55.5 Å². The van der Waals surface area contributed by atoms with E-state index in [2.05, 4.69) is 17.6 Å². The van der Waals surface area contributed by atoms with Crippen molar-refractivity contribution in [1.29, 1.82) is 0 Å². The lowest BCUT2D eigenvalue weighted by Crippen LogP contribution is -2.40. The molecule has 0 radical (unpaired) electrons. The van der Waals surface area contributed by atoms with Crippen molar-refractivity contribution in [2.45, 2.75) is 32.7 Å². The predicted molar refractivity (Wildman–Crippen MR) is 96.5 cm³/mol. The summed E-state index contributed by atoms with van der Waals surface area (Å²) in [6.07, 6.45) is 1.74. The minimum atomic E-state index is 0.0493. The maximum atomic E-state index is 12.6. The normalized spacial score (nSPS) is 20.4. The predicted octanol–water partition coefficient (Wildman–Crippen LogP) is 4.11. The van der Waals surface area contributed by atoms with Crippen LogP contribution in [-0.2, 0) is 4.79 Å². The molecule has 2 atom stereocenters. The maximum absolute atomic E-state index is 12.6. The molecule has 1 fully saturated rings. The molecule has 3 rings (SSSR count). The molecular weight excluding hydrogens is 300 g/mol. The molecule has 2 aromatic carbocycles. The third-order valence-corrected chi connectivity index (χ3v) is 4.36. The van der Waals surface area contributed by atoms with Gasteiger partial charge in [-0.15, -0.1) is 0 Å². The van der Waals surface area contributed by atoms with Gasteiger partial charge in [0.05, 0.1) is 5.69 Å². The smallest absolute Gasteiger partial charge is 0.227 e. The van der Waals surface area contributed by atoms with Crippen LogP contribution < -0.4 is 15.4 Å². The number of amides is 1. The summed E-state index contributed by atoms with van der Waals surface area (Å²) in [5, 5.41) is 6.42. The Hall–Kier alpha value is -2.33. The van der Waals surface area contributed by atoms with Crippen LogP contribution in [-0.4, -0.2) is 18.5 Å². The van der Waals surface area contributed by atoms with Crippen molar-refractivity contribution >= 4 is 11.6 Å². The third-order valence-electron chi connectivity index (χ3n) is 4.36. The number of piperidine rings is 1. The molecule has 1 aliphatic rings. The van der Waals surface area contributed by atoms with Gasteiger partial charge in [0.15, 0.2) is 5.75 Å². The van der Waals surface area contributed by atoms with E-state index in [9.17, 15) is 4.79 Å². The van der Waals surface area contributed by atoms with E-state index >= 15 is 0 Å². The first kappa shape index (κ1) is 16.5.